The molecule has 42 heavy (non-hydrogen) atoms. The number of nitrogens with zero attached hydrogens (tertiary/aromatic N) is 5. The quantitative estimate of drug-likeness (QED) is 0.191. The molecule has 0 aliphatic carbocycles. The van der Waals surface area contributed by atoms with E-state index >= 15 is 0 Å². The van der Waals surface area contributed by atoms with Gasteiger partial charge in [0.1, 0.15) is 11.6 Å². The average Bonchev–Trinajstić information content (AvgIpc) is 3.04. The maximum atomic E-state index is 14.3. The Morgan fingerprint density at radius 2 is 1.71 bits per heavy atom. The molecular weight excluding hydrogens is 553 g/mol. The van der Waals surface area contributed by atoms with Gasteiger partial charge in [-0.25, -0.2) is 14.4 Å². The van der Waals surface area contributed by atoms with E-state index in [-0.39, 0.29) is 23.6 Å². The average molecular weight is 592 g/mol. The number of thioether (sulfide) groups is 1. The van der Waals surface area contributed by atoms with Gasteiger partial charge in [-0.1, -0.05) is 43.0 Å². The lowest BCUT2D eigenvalue weighted by atomic mass is 9.97. The van der Waals surface area contributed by atoms with Crippen molar-refractivity contribution in [2.75, 3.05) is 55.7 Å². The van der Waals surface area contributed by atoms with Crippen LogP contribution in [0.2, 0.25) is 0 Å². The number of likely N-dealkylation sites (tertiary alicyclic amines) is 1. The van der Waals surface area contributed by atoms with E-state index in [0.717, 1.165) is 67.7 Å². The first-order chi connectivity index (χ1) is 20.4. The monoisotopic (exact) mass is 591 g/mol. The predicted octanol–water partition coefficient (Wildman–Crippen LogP) is 5.21. The number of piperazine rings is 1. The Kier molecular flexibility index (Phi) is 9.94. The molecule has 1 aromatic heterocycles. The fourth-order valence-corrected chi connectivity index (χ4v) is 6.27. The molecule has 0 radical (unpaired) electrons. The molecule has 2 fully saturated rings. The molecule has 0 unspecified atom stereocenters. The van der Waals surface area contributed by atoms with Crippen LogP contribution >= 0.6 is 11.8 Å². The zero-order valence-electron chi connectivity index (χ0n) is 24.3. The fraction of sp³-hybridized carbons (Fsp3) is 0.438. The summed E-state index contributed by atoms with van der Waals surface area (Å²) in [7, 11) is 0. The standard InChI is InChI=1S/C32H38FN5O3S/c1-3-26-20-29(37-18-16-36(17-19-37)28-10-6-5-9-27(28)33)35-32(34-26)42-22-23-11-13-24(14-12-23)30(39)38-15-7-8-25(21-38)31(40)41-4-2/h5-6,9-14,20,25H,3-4,7-8,15-19,21-22H2,1-2H3/t25-/m0/s1. The summed E-state index contributed by atoms with van der Waals surface area (Å²) < 4.78 is 19.4. The number of anilines is 2. The SMILES string of the molecule is CCOC(=O)[C@H]1CCCN(C(=O)c2ccc(CSc3nc(CC)cc(N4CCN(c5ccccc5F)CC4)n3)cc2)C1. The molecule has 0 bridgehead atoms. The number of amides is 1. The highest BCUT2D eigenvalue weighted by Crippen LogP contribution is 2.26. The number of piperidine rings is 1. The molecule has 222 valence electrons. The second-order valence-electron chi connectivity index (χ2n) is 10.6. The number of carbonyl (C=O) groups excluding carboxylic acids is 2. The number of hydrogen-bond acceptors (Lipinski definition) is 8. The number of halogens is 1. The van der Waals surface area contributed by atoms with E-state index in [4.69, 9.17) is 14.7 Å². The Balaban J connectivity index is 1.18. The highest BCUT2D eigenvalue weighted by atomic mass is 32.2. The minimum atomic E-state index is -0.252. The summed E-state index contributed by atoms with van der Waals surface area (Å²) in [6.45, 7) is 8.25. The summed E-state index contributed by atoms with van der Waals surface area (Å²) in [5.74, 6) is 0.869. The number of aryl methyl sites for hydroxylation is 1. The Morgan fingerprint density at radius 1 is 0.976 bits per heavy atom. The molecule has 0 spiro atoms. The first kappa shape index (κ1) is 29.8. The number of hydrogen-bond donors (Lipinski definition) is 0. The van der Waals surface area contributed by atoms with Crippen LogP contribution in [0.1, 0.15) is 48.3 Å². The summed E-state index contributed by atoms with van der Waals surface area (Å²) >= 11 is 1.58. The molecule has 10 heteroatoms. The third-order valence-electron chi connectivity index (χ3n) is 7.80. The number of carbonyl (C=O) groups is 2. The fourth-order valence-electron chi connectivity index (χ4n) is 5.44. The zero-order chi connectivity index (χ0) is 29.5. The molecular formula is C32H38FN5O3S. The molecule has 3 aromatic rings. The first-order valence-corrected chi connectivity index (χ1v) is 15.7. The first-order valence-electron chi connectivity index (χ1n) is 14.7. The van der Waals surface area contributed by atoms with Crippen molar-refractivity contribution in [3.63, 3.8) is 0 Å². The third kappa shape index (κ3) is 7.21. The van der Waals surface area contributed by atoms with Gasteiger partial charge in [0, 0.05) is 62.3 Å². The van der Waals surface area contributed by atoms with Crippen LogP contribution in [-0.2, 0) is 21.7 Å². The van der Waals surface area contributed by atoms with Crippen molar-refractivity contribution in [3.8, 4) is 0 Å². The van der Waals surface area contributed by atoms with Gasteiger partial charge in [0.2, 0.25) is 0 Å². The summed E-state index contributed by atoms with van der Waals surface area (Å²) in [4.78, 5) is 41.0. The maximum absolute atomic E-state index is 14.3. The van der Waals surface area contributed by atoms with Gasteiger partial charge >= 0.3 is 5.97 Å². The lowest BCUT2D eigenvalue weighted by molar-refractivity contribution is -0.149. The van der Waals surface area contributed by atoms with Gasteiger partial charge in [0.15, 0.2) is 5.16 Å². The molecule has 1 amide bonds. The van der Waals surface area contributed by atoms with E-state index < -0.39 is 0 Å². The van der Waals surface area contributed by atoms with Gasteiger partial charge in [-0.05, 0) is 56.0 Å². The topological polar surface area (TPSA) is 78.9 Å². The van der Waals surface area contributed by atoms with Crippen molar-refractivity contribution in [1.29, 1.82) is 0 Å². The van der Waals surface area contributed by atoms with Crippen molar-refractivity contribution in [1.82, 2.24) is 14.9 Å². The van der Waals surface area contributed by atoms with Crippen LogP contribution in [0.3, 0.4) is 0 Å². The number of para-hydroxylation sites is 1. The third-order valence-corrected chi connectivity index (χ3v) is 8.72. The molecule has 5 rings (SSSR count). The predicted molar refractivity (Wildman–Crippen MR) is 163 cm³/mol. The minimum Gasteiger partial charge on any atom is -0.466 e. The van der Waals surface area contributed by atoms with Crippen LogP contribution in [0.4, 0.5) is 15.9 Å². The van der Waals surface area contributed by atoms with Gasteiger partial charge < -0.3 is 19.4 Å². The summed E-state index contributed by atoms with van der Waals surface area (Å²) in [5, 5.41) is 0.722. The number of rotatable bonds is 9. The van der Waals surface area contributed by atoms with Crippen LogP contribution in [-0.4, -0.2) is 72.6 Å². The molecule has 1 atom stereocenters. The Bertz CT molecular complexity index is 1380. The van der Waals surface area contributed by atoms with Crippen molar-refractivity contribution >= 4 is 35.1 Å². The molecule has 2 aliphatic heterocycles. The lowest BCUT2D eigenvalue weighted by Gasteiger charge is -2.37. The summed E-state index contributed by atoms with van der Waals surface area (Å²) in [6.07, 6.45) is 2.36. The number of esters is 1. The molecule has 3 heterocycles. The summed E-state index contributed by atoms with van der Waals surface area (Å²) in [6, 6.07) is 16.6. The van der Waals surface area contributed by atoms with E-state index in [9.17, 15) is 14.0 Å². The summed E-state index contributed by atoms with van der Waals surface area (Å²) in [5.41, 5.74) is 3.33. The number of ether oxygens (including phenoxy) is 1. The van der Waals surface area contributed by atoms with Crippen LogP contribution in [0, 0.1) is 11.7 Å². The second kappa shape index (κ2) is 14.0. The largest absolute Gasteiger partial charge is 0.466 e. The van der Waals surface area contributed by atoms with Crippen LogP contribution in [0.15, 0.2) is 59.8 Å². The smallest absolute Gasteiger partial charge is 0.310 e. The Labute approximate surface area is 251 Å². The van der Waals surface area contributed by atoms with Crippen molar-refractivity contribution in [2.24, 2.45) is 5.92 Å². The van der Waals surface area contributed by atoms with Gasteiger partial charge in [0.05, 0.1) is 18.2 Å². The molecule has 2 aromatic carbocycles. The molecule has 0 N–H and O–H groups in total. The van der Waals surface area contributed by atoms with Crippen LogP contribution < -0.4 is 9.80 Å². The number of aromatic nitrogens is 2. The van der Waals surface area contributed by atoms with Gasteiger partial charge in [0.25, 0.3) is 5.91 Å². The van der Waals surface area contributed by atoms with E-state index in [2.05, 4.69) is 22.8 Å². The van der Waals surface area contributed by atoms with E-state index in [1.165, 1.54) is 6.07 Å². The highest BCUT2D eigenvalue weighted by Gasteiger charge is 2.30. The van der Waals surface area contributed by atoms with Crippen molar-refractivity contribution in [2.45, 2.75) is 44.0 Å². The Hall–Kier alpha value is -3.66. The maximum Gasteiger partial charge on any atom is 0.310 e. The van der Waals surface area contributed by atoms with Crippen molar-refractivity contribution in [3.05, 3.63) is 77.2 Å². The highest BCUT2D eigenvalue weighted by molar-refractivity contribution is 7.98. The van der Waals surface area contributed by atoms with Gasteiger partial charge in [-0.15, -0.1) is 0 Å². The Morgan fingerprint density at radius 3 is 2.43 bits per heavy atom. The van der Waals surface area contributed by atoms with Gasteiger partial charge in [-0.2, -0.15) is 0 Å². The normalized spacial score (nSPS) is 17.3. The van der Waals surface area contributed by atoms with Crippen molar-refractivity contribution < 1.29 is 18.7 Å². The molecule has 0 saturated carbocycles. The molecule has 2 aliphatic rings. The van der Waals surface area contributed by atoms with Gasteiger partial charge in [-0.3, -0.25) is 9.59 Å². The molecule has 8 nitrogen and oxygen atoms in total. The van der Waals surface area contributed by atoms with E-state index in [0.29, 0.717) is 36.7 Å². The number of benzene rings is 2. The molecule has 2 saturated heterocycles. The van der Waals surface area contributed by atoms with Crippen LogP contribution in [0.5, 0.6) is 0 Å². The zero-order valence-corrected chi connectivity index (χ0v) is 25.1. The second-order valence-corrected chi connectivity index (χ2v) is 11.5. The van der Waals surface area contributed by atoms with Crippen LogP contribution in [0.25, 0.3) is 0 Å². The lowest BCUT2D eigenvalue weighted by Crippen LogP contribution is -2.47. The van der Waals surface area contributed by atoms with E-state index in [1.54, 1.807) is 29.7 Å². The van der Waals surface area contributed by atoms with E-state index in [1.807, 2.05) is 36.4 Å². The minimum absolute atomic E-state index is 0.0538.